The van der Waals surface area contributed by atoms with E-state index in [9.17, 15) is 14.4 Å². The zero-order valence-electron chi connectivity index (χ0n) is 8.93. The van der Waals surface area contributed by atoms with E-state index in [4.69, 9.17) is 9.84 Å². The highest BCUT2D eigenvalue weighted by molar-refractivity contribution is 5.93. The molecule has 0 atom stereocenters. The summed E-state index contributed by atoms with van der Waals surface area (Å²) in [6.45, 7) is -0.203. The van der Waals surface area contributed by atoms with Gasteiger partial charge in [0, 0.05) is 12.7 Å². The Balaban J connectivity index is 2.33. The van der Waals surface area contributed by atoms with Gasteiger partial charge >= 0.3 is 5.97 Å². The Kier molecular flexibility index (Phi) is 4.89. The summed E-state index contributed by atoms with van der Waals surface area (Å²) in [5.74, 6) is -1.60. The summed E-state index contributed by atoms with van der Waals surface area (Å²) < 4.78 is 4.71. The number of hydrogen-bond donors (Lipinski definition) is 3. The molecule has 7 nitrogen and oxygen atoms in total. The quantitative estimate of drug-likeness (QED) is 0.564. The Morgan fingerprint density at radius 3 is 2.88 bits per heavy atom. The molecule has 0 aromatic carbocycles. The molecule has 1 aromatic rings. The van der Waals surface area contributed by atoms with Crippen molar-refractivity contribution in [3.63, 3.8) is 0 Å². The molecule has 1 rings (SSSR count). The van der Waals surface area contributed by atoms with Crippen molar-refractivity contribution < 1.29 is 19.4 Å². The third-order valence-electron chi connectivity index (χ3n) is 1.82. The summed E-state index contributed by atoms with van der Waals surface area (Å²) >= 11 is 0. The number of ether oxygens (including phenoxy) is 1. The van der Waals surface area contributed by atoms with Crippen LogP contribution in [0.3, 0.4) is 0 Å². The van der Waals surface area contributed by atoms with E-state index in [1.54, 1.807) is 0 Å². The molecule has 0 aliphatic rings. The number of carbonyl (C=O) groups excluding carboxylic acids is 1. The molecular formula is C10H12N2O5. The van der Waals surface area contributed by atoms with Crippen LogP contribution in [0.4, 0.5) is 0 Å². The first-order valence-corrected chi connectivity index (χ1v) is 4.86. The van der Waals surface area contributed by atoms with Crippen molar-refractivity contribution in [3.05, 3.63) is 34.2 Å². The molecule has 0 saturated carbocycles. The van der Waals surface area contributed by atoms with Crippen LogP contribution in [-0.4, -0.2) is 41.7 Å². The fourth-order valence-corrected chi connectivity index (χ4v) is 1.09. The lowest BCUT2D eigenvalue weighted by Gasteiger charge is -2.04. The second kappa shape index (κ2) is 6.44. The van der Waals surface area contributed by atoms with Crippen LogP contribution in [0.15, 0.2) is 23.1 Å². The average molecular weight is 240 g/mol. The lowest BCUT2D eigenvalue weighted by molar-refractivity contribution is -0.142. The van der Waals surface area contributed by atoms with E-state index in [-0.39, 0.29) is 18.7 Å². The Hall–Kier alpha value is -2.15. The zero-order valence-corrected chi connectivity index (χ0v) is 8.93. The van der Waals surface area contributed by atoms with Gasteiger partial charge in [0.1, 0.15) is 12.2 Å². The highest BCUT2D eigenvalue weighted by Crippen LogP contribution is 1.88. The summed E-state index contributed by atoms with van der Waals surface area (Å²) in [6.07, 6.45) is 1.43. The van der Waals surface area contributed by atoms with Gasteiger partial charge in [0.05, 0.1) is 6.61 Å². The van der Waals surface area contributed by atoms with Crippen LogP contribution in [-0.2, 0) is 9.53 Å². The fraction of sp³-hybridized carbons (Fsp3) is 0.300. The Bertz CT molecular complexity index is 454. The Morgan fingerprint density at radius 2 is 2.24 bits per heavy atom. The highest BCUT2D eigenvalue weighted by Gasteiger charge is 2.08. The van der Waals surface area contributed by atoms with Gasteiger partial charge in [-0.25, -0.2) is 4.79 Å². The number of aromatic amines is 1. The number of amides is 1. The predicted octanol–water partition coefficient (Wildman–Crippen LogP) is -0.794. The molecule has 0 fully saturated rings. The van der Waals surface area contributed by atoms with Crippen LogP contribution in [0.25, 0.3) is 0 Å². The molecule has 1 heterocycles. The lowest BCUT2D eigenvalue weighted by Crippen LogP contribution is -2.32. The standard InChI is InChI=1S/C10H12N2O5/c13-8(14)6-17-5-4-12-10(16)7-2-1-3-11-9(7)15/h1-3H,4-6H2,(H,11,15)(H,12,16)(H,13,14). The van der Waals surface area contributed by atoms with E-state index >= 15 is 0 Å². The minimum Gasteiger partial charge on any atom is -0.480 e. The van der Waals surface area contributed by atoms with Gasteiger partial charge in [-0.2, -0.15) is 0 Å². The molecule has 0 radical (unpaired) electrons. The van der Waals surface area contributed by atoms with Crippen LogP contribution in [0.2, 0.25) is 0 Å². The molecule has 0 unspecified atom stereocenters. The first-order chi connectivity index (χ1) is 8.11. The van der Waals surface area contributed by atoms with E-state index < -0.39 is 24.0 Å². The van der Waals surface area contributed by atoms with Gasteiger partial charge in [0.15, 0.2) is 0 Å². The van der Waals surface area contributed by atoms with Crippen LogP contribution < -0.4 is 10.9 Å². The number of aromatic nitrogens is 1. The van der Waals surface area contributed by atoms with Gasteiger partial charge in [-0.3, -0.25) is 9.59 Å². The normalized spacial score (nSPS) is 9.88. The van der Waals surface area contributed by atoms with Crippen LogP contribution in [0, 0.1) is 0 Å². The highest BCUT2D eigenvalue weighted by atomic mass is 16.5. The molecule has 0 aliphatic heterocycles. The number of carboxylic acid groups (broad SMARTS) is 1. The van der Waals surface area contributed by atoms with Crippen molar-refractivity contribution >= 4 is 11.9 Å². The molecule has 1 amide bonds. The number of rotatable bonds is 6. The summed E-state index contributed by atoms with van der Waals surface area (Å²) in [5.41, 5.74) is -0.470. The number of nitrogens with one attached hydrogen (secondary N) is 2. The largest absolute Gasteiger partial charge is 0.480 e. The molecule has 17 heavy (non-hydrogen) atoms. The second-order valence-electron chi connectivity index (χ2n) is 3.12. The number of hydrogen-bond acceptors (Lipinski definition) is 4. The third-order valence-corrected chi connectivity index (χ3v) is 1.82. The lowest BCUT2D eigenvalue weighted by atomic mass is 10.2. The number of aliphatic carboxylic acids is 1. The summed E-state index contributed by atoms with van der Waals surface area (Å²) in [6, 6.07) is 2.93. The van der Waals surface area contributed by atoms with Gasteiger partial charge in [0.25, 0.3) is 11.5 Å². The van der Waals surface area contributed by atoms with Crippen LogP contribution >= 0.6 is 0 Å². The molecule has 92 valence electrons. The SMILES string of the molecule is O=C(O)COCCNC(=O)c1ccc[nH]c1=O. The first kappa shape index (κ1) is 12.9. The Morgan fingerprint density at radius 1 is 1.47 bits per heavy atom. The van der Waals surface area contributed by atoms with E-state index in [2.05, 4.69) is 10.3 Å². The molecule has 1 aromatic heterocycles. The van der Waals surface area contributed by atoms with Gasteiger partial charge in [-0.05, 0) is 12.1 Å². The number of H-pyrrole nitrogens is 1. The van der Waals surface area contributed by atoms with Crippen molar-refractivity contribution in [2.75, 3.05) is 19.8 Å². The molecule has 0 aliphatic carbocycles. The maximum absolute atomic E-state index is 11.5. The Labute approximate surface area is 96.4 Å². The molecule has 0 spiro atoms. The third kappa shape index (κ3) is 4.47. The zero-order chi connectivity index (χ0) is 12.7. The number of carboxylic acids is 1. The van der Waals surface area contributed by atoms with Crippen molar-refractivity contribution in [1.82, 2.24) is 10.3 Å². The van der Waals surface area contributed by atoms with Crippen LogP contribution in [0.5, 0.6) is 0 Å². The molecule has 7 heteroatoms. The van der Waals surface area contributed by atoms with E-state index in [1.807, 2.05) is 0 Å². The first-order valence-electron chi connectivity index (χ1n) is 4.86. The van der Waals surface area contributed by atoms with Gasteiger partial charge in [0.2, 0.25) is 0 Å². The molecule has 0 bridgehead atoms. The number of pyridine rings is 1. The van der Waals surface area contributed by atoms with Gasteiger partial charge in [-0.15, -0.1) is 0 Å². The minimum absolute atomic E-state index is 0.00531. The van der Waals surface area contributed by atoms with E-state index in [1.165, 1.54) is 18.3 Å². The minimum atomic E-state index is -1.07. The molecule has 0 saturated heterocycles. The monoisotopic (exact) mass is 240 g/mol. The second-order valence-corrected chi connectivity index (χ2v) is 3.12. The summed E-state index contributed by atoms with van der Waals surface area (Å²) in [4.78, 5) is 35.1. The van der Waals surface area contributed by atoms with Crippen molar-refractivity contribution in [1.29, 1.82) is 0 Å². The fourth-order valence-electron chi connectivity index (χ4n) is 1.09. The molecule has 3 N–H and O–H groups in total. The maximum Gasteiger partial charge on any atom is 0.329 e. The van der Waals surface area contributed by atoms with Crippen molar-refractivity contribution in [2.24, 2.45) is 0 Å². The average Bonchev–Trinajstić information content (AvgIpc) is 2.28. The van der Waals surface area contributed by atoms with E-state index in [0.717, 1.165) is 0 Å². The van der Waals surface area contributed by atoms with Crippen molar-refractivity contribution in [3.8, 4) is 0 Å². The van der Waals surface area contributed by atoms with Gasteiger partial charge in [-0.1, -0.05) is 0 Å². The topological polar surface area (TPSA) is 108 Å². The maximum atomic E-state index is 11.5. The molecular weight excluding hydrogens is 228 g/mol. The smallest absolute Gasteiger partial charge is 0.329 e. The predicted molar refractivity (Wildman–Crippen MR) is 57.9 cm³/mol. The van der Waals surface area contributed by atoms with Gasteiger partial charge < -0.3 is 20.1 Å². The summed E-state index contributed by atoms with van der Waals surface area (Å²) in [7, 11) is 0. The van der Waals surface area contributed by atoms with Crippen molar-refractivity contribution in [2.45, 2.75) is 0 Å². The van der Waals surface area contributed by atoms with Crippen LogP contribution in [0.1, 0.15) is 10.4 Å². The summed E-state index contributed by atoms with van der Waals surface area (Å²) in [5, 5.41) is 10.7. The number of carbonyl (C=O) groups is 2. The van der Waals surface area contributed by atoms with E-state index in [0.29, 0.717) is 0 Å².